The van der Waals surface area contributed by atoms with Crippen molar-refractivity contribution >= 4 is 0 Å². The number of rotatable bonds is 5. The molecule has 1 aliphatic carbocycles. The fraction of sp³-hybridized carbons (Fsp3) is 0.909. The standard InChI is InChI=1S/C11H21O/c1-2-3-9-12-10-11-7-5-4-6-8-11/h10-11H,2-9H2,1H3. The molecule has 0 aromatic carbocycles. The molecule has 1 fully saturated rings. The summed E-state index contributed by atoms with van der Waals surface area (Å²) in [6.45, 7) is 5.21. The fourth-order valence-corrected chi connectivity index (χ4v) is 1.70. The van der Waals surface area contributed by atoms with Crippen molar-refractivity contribution in [2.24, 2.45) is 5.92 Å². The minimum Gasteiger partial charge on any atom is -0.375 e. The molecule has 1 saturated carbocycles. The molecule has 0 aliphatic heterocycles. The molecule has 0 atom stereocenters. The van der Waals surface area contributed by atoms with Crippen molar-refractivity contribution in [1.29, 1.82) is 0 Å². The first-order valence-electron chi connectivity index (χ1n) is 5.38. The summed E-state index contributed by atoms with van der Waals surface area (Å²) in [5.41, 5.74) is 0. The van der Waals surface area contributed by atoms with Crippen molar-refractivity contribution in [3.8, 4) is 0 Å². The minimum absolute atomic E-state index is 0.760. The van der Waals surface area contributed by atoms with E-state index < -0.39 is 0 Å². The first-order chi connectivity index (χ1) is 5.93. The summed E-state index contributed by atoms with van der Waals surface area (Å²) < 4.78 is 5.49. The van der Waals surface area contributed by atoms with Crippen LogP contribution in [0, 0.1) is 12.5 Å². The van der Waals surface area contributed by atoms with Crippen LogP contribution in [0.25, 0.3) is 0 Å². The van der Waals surface area contributed by atoms with E-state index in [1.807, 2.05) is 0 Å². The van der Waals surface area contributed by atoms with Crippen molar-refractivity contribution in [1.82, 2.24) is 0 Å². The highest BCUT2D eigenvalue weighted by Gasteiger charge is 2.13. The lowest BCUT2D eigenvalue weighted by Gasteiger charge is -2.20. The van der Waals surface area contributed by atoms with Crippen LogP contribution in [0.1, 0.15) is 51.9 Å². The Hall–Kier alpha value is -0.0400. The highest BCUT2D eigenvalue weighted by Crippen LogP contribution is 2.25. The highest BCUT2D eigenvalue weighted by molar-refractivity contribution is 4.72. The van der Waals surface area contributed by atoms with Crippen molar-refractivity contribution in [2.75, 3.05) is 6.61 Å². The maximum atomic E-state index is 5.49. The molecule has 1 nitrogen and oxygen atoms in total. The Bertz CT molecular complexity index is 95.2. The van der Waals surface area contributed by atoms with Gasteiger partial charge in [0.25, 0.3) is 0 Å². The van der Waals surface area contributed by atoms with E-state index in [0.717, 1.165) is 12.5 Å². The quantitative estimate of drug-likeness (QED) is 0.572. The first kappa shape index (κ1) is 10.0. The second-order valence-electron chi connectivity index (χ2n) is 3.76. The Morgan fingerprint density at radius 2 is 2.00 bits per heavy atom. The van der Waals surface area contributed by atoms with Crippen LogP contribution in [0.15, 0.2) is 0 Å². The van der Waals surface area contributed by atoms with Gasteiger partial charge in [-0.3, -0.25) is 0 Å². The lowest BCUT2D eigenvalue weighted by molar-refractivity contribution is 0.146. The Morgan fingerprint density at radius 3 is 2.67 bits per heavy atom. The van der Waals surface area contributed by atoms with Crippen LogP contribution < -0.4 is 0 Å². The van der Waals surface area contributed by atoms with Crippen LogP contribution in [-0.2, 0) is 4.74 Å². The molecule has 0 aromatic heterocycles. The molecule has 0 bridgehead atoms. The smallest absolute Gasteiger partial charge is 0.0867 e. The van der Waals surface area contributed by atoms with Gasteiger partial charge in [0, 0.05) is 6.61 Å². The average molecular weight is 169 g/mol. The molecule has 0 N–H and O–H groups in total. The average Bonchev–Trinajstić information content (AvgIpc) is 2.14. The topological polar surface area (TPSA) is 9.23 Å². The summed E-state index contributed by atoms with van der Waals surface area (Å²) in [5, 5.41) is 0. The molecule has 0 spiro atoms. The third kappa shape index (κ3) is 4.10. The molecular weight excluding hydrogens is 148 g/mol. The van der Waals surface area contributed by atoms with Crippen molar-refractivity contribution in [3.63, 3.8) is 0 Å². The Morgan fingerprint density at radius 1 is 1.25 bits per heavy atom. The minimum atomic E-state index is 0.760. The molecule has 0 amide bonds. The summed E-state index contributed by atoms with van der Waals surface area (Å²) in [6, 6.07) is 0. The SMILES string of the molecule is CCCCO[CH]C1CCCCC1. The number of hydrogen-bond acceptors (Lipinski definition) is 1. The van der Waals surface area contributed by atoms with E-state index in [4.69, 9.17) is 4.74 Å². The van der Waals surface area contributed by atoms with E-state index >= 15 is 0 Å². The van der Waals surface area contributed by atoms with Crippen LogP contribution in [0.3, 0.4) is 0 Å². The van der Waals surface area contributed by atoms with Gasteiger partial charge in [-0.2, -0.15) is 0 Å². The zero-order valence-corrected chi connectivity index (χ0v) is 8.22. The Labute approximate surface area is 76.5 Å². The van der Waals surface area contributed by atoms with Crippen LogP contribution in [0.2, 0.25) is 0 Å². The van der Waals surface area contributed by atoms with E-state index in [2.05, 4.69) is 13.5 Å². The molecule has 0 aromatic rings. The highest BCUT2D eigenvalue weighted by atomic mass is 16.5. The lowest BCUT2D eigenvalue weighted by atomic mass is 9.90. The van der Waals surface area contributed by atoms with Gasteiger partial charge in [-0.05, 0) is 25.2 Å². The molecule has 1 heteroatoms. The van der Waals surface area contributed by atoms with Gasteiger partial charge in [-0.25, -0.2) is 0 Å². The predicted octanol–water partition coefficient (Wildman–Crippen LogP) is 3.55. The summed E-state index contributed by atoms with van der Waals surface area (Å²) >= 11 is 0. The maximum Gasteiger partial charge on any atom is 0.0867 e. The van der Waals surface area contributed by atoms with Gasteiger partial charge < -0.3 is 4.74 Å². The van der Waals surface area contributed by atoms with Gasteiger partial charge in [0.15, 0.2) is 0 Å². The molecule has 1 radical (unpaired) electrons. The van der Waals surface area contributed by atoms with Crippen LogP contribution >= 0.6 is 0 Å². The maximum absolute atomic E-state index is 5.49. The third-order valence-electron chi connectivity index (χ3n) is 2.55. The predicted molar refractivity (Wildman–Crippen MR) is 51.7 cm³/mol. The van der Waals surface area contributed by atoms with Gasteiger partial charge in [-0.15, -0.1) is 0 Å². The van der Waals surface area contributed by atoms with Crippen LogP contribution in [0.5, 0.6) is 0 Å². The fourth-order valence-electron chi connectivity index (χ4n) is 1.70. The molecule has 0 unspecified atom stereocenters. The molecule has 1 rings (SSSR count). The molecule has 71 valence electrons. The lowest BCUT2D eigenvalue weighted by Crippen LogP contribution is -2.09. The monoisotopic (exact) mass is 169 g/mol. The number of hydrogen-bond donors (Lipinski definition) is 0. The largest absolute Gasteiger partial charge is 0.375 e. The molecule has 12 heavy (non-hydrogen) atoms. The van der Waals surface area contributed by atoms with Crippen molar-refractivity contribution in [3.05, 3.63) is 6.61 Å². The molecule has 0 saturated heterocycles. The van der Waals surface area contributed by atoms with Crippen LogP contribution in [0.4, 0.5) is 0 Å². The van der Waals surface area contributed by atoms with Gasteiger partial charge in [0.2, 0.25) is 0 Å². The van der Waals surface area contributed by atoms with Gasteiger partial charge in [-0.1, -0.05) is 32.6 Å². The van der Waals surface area contributed by atoms with E-state index in [1.165, 1.54) is 44.9 Å². The van der Waals surface area contributed by atoms with Crippen LogP contribution in [-0.4, -0.2) is 6.61 Å². The summed E-state index contributed by atoms with van der Waals surface area (Å²) in [7, 11) is 0. The molecule has 1 aliphatic rings. The zero-order chi connectivity index (χ0) is 8.65. The zero-order valence-electron chi connectivity index (χ0n) is 8.22. The normalized spacial score (nSPS) is 19.8. The van der Waals surface area contributed by atoms with E-state index in [1.54, 1.807) is 0 Å². The van der Waals surface area contributed by atoms with E-state index in [0.29, 0.717) is 0 Å². The van der Waals surface area contributed by atoms with Crippen molar-refractivity contribution < 1.29 is 4.74 Å². The molecule has 0 heterocycles. The number of unbranched alkanes of at least 4 members (excludes halogenated alkanes) is 1. The molecular formula is C11H21O. The van der Waals surface area contributed by atoms with E-state index in [9.17, 15) is 0 Å². The van der Waals surface area contributed by atoms with E-state index in [-0.39, 0.29) is 0 Å². The van der Waals surface area contributed by atoms with Gasteiger partial charge in [0.1, 0.15) is 0 Å². The summed E-state index contributed by atoms with van der Waals surface area (Å²) in [4.78, 5) is 0. The summed E-state index contributed by atoms with van der Waals surface area (Å²) in [5.74, 6) is 0.760. The second-order valence-corrected chi connectivity index (χ2v) is 3.76. The Balaban J connectivity index is 1.91. The van der Waals surface area contributed by atoms with Crippen molar-refractivity contribution in [2.45, 2.75) is 51.9 Å². The van der Waals surface area contributed by atoms with Gasteiger partial charge in [0.05, 0.1) is 6.61 Å². The van der Waals surface area contributed by atoms with Gasteiger partial charge >= 0.3 is 0 Å². The first-order valence-corrected chi connectivity index (χ1v) is 5.38. The Kier molecular flexibility index (Phi) is 5.42. The third-order valence-corrected chi connectivity index (χ3v) is 2.55. The summed E-state index contributed by atoms with van der Waals surface area (Å²) in [6.07, 6.45) is 9.37. The number of ether oxygens (including phenoxy) is 1. The second kappa shape index (κ2) is 6.47.